The molecule has 1 aliphatic carbocycles. The topological polar surface area (TPSA) is 55.1 Å². The van der Waals surface area contributed by atoms with Crippen LogP contribution < -0.4 is 5.32 Å². The molecule has 110 valence electrons. The third kappa shape index (κ3) is 2.52. The Balaban J connectivity index is 1.89. The molecule has 4 nitrogen and oxygen atoms in total. The van der Waals surface area contributed by atoms with Gasteiger partial charge in [-0.3, -0.25) is 4.79 Å². The van der Waals surface area contributed by atoms with Gasteiger partial charge in [-0.15, -0.1) is 0 Å². The van der Waals surface area contributed by atoms with Gasteiger partial charge in [0.1, 0.15) is 5.69 Å². The zero-order chi connectivity index (χ0) is 15.1. The maximum Gasteiger partial charge on any atom is 0.252 e. The fourth-order valence-corrected chi connectivity index (χ4v) is 2.79. The molecule has 1 fully saturated rings. The average Bonchev–Trinajstić information content (AvgIpc) is 3.15. The monoisotopic (exact) mass is 356 g/mol. The molecule has 0 atom stereocenters. The minimum absolute atomic E-state index is 0.0548. The van der Waals surface area contributed by atoms with Crippen molar-refractivity contribution in [1.29, 1.82) is 0 Å². The Hall–Kier alpha value is -2.14. The van der Waals surface area contributed by atoms with E-state index in [1.54, 1.807) is 12.3 Å². The highest BCUT2D eigenvalue weighted by molar-refractivity contribution is 9.10. The zero-order valence-corrected chi connectivity index (χ0v) is 13.3. The van der Waals surface area contributed by atoms with Gasteiger partial charge in [0.25, 0.3) is 5.91 Å². The van der Waals surface area contributed by atoms with Crippen LogP contribution in [-0.2, 0) is 0 Å². The third-order valence-electron chi connectivity index (χ3n) is 3.70. The number of nitrogens with one attached hydrogen (secondary N) is 1. The summed E-state index contributed by atoms with van der Waals surface area (Å²) >= 11 is 3.46. The molecule has 0 radical (unpaired) electrons. The van der Waals surface area contributed by atoms with Gasteiger partial charge in [-0.2, -0.15) is 0 Å². The highest BCUT2D eigenvalue weighted by Gasteiger charge is 2.25. The van der Waals surface area contributed by atoms with Crippen molar-refractivity contribution in [3.63, 3.8) is 0 Å². The maximum absolute atomic E-state index is 12.6. The van der Waals surface area contributed by atoms with Crippen molar-refractivity contribution < 1.29 is 9.21 Å². The highest BCUT2D eigenvalue weighted by atomic mass is 79.9. The van der Waals surface area contributed by atoms with Gasteiger partial charge in [0.05, 0.1) is 17.3 Å². The van der Waals surface area contributed by atoms with E-state index < -0.39 is 0 Å². The van der Waals surface area contributed by atoms with E-state index in [9.17, 15) is 4.79 Å². The minimum Gasteiger partial charge on any atom is -0.463 e. The second-order valence-electron chi connectivity index (χ2n) is 5.44. The molecule has 0 spiro atoms. The molecule has 0 bridgehead atoms. The van der Waals surface area contributed by atoms with Crippen LogP contribution in [0.2, 0.25) is 0 Å². The summed E-state index contributed by atoms with van der Waals surface area (Å²) in [5.41, 5.74) is 2.07. The first kappa shape index (κ1) is 13.5. The quantitative estimate of drug-likeness (QED) is 0.766. The van der Waals surface area contributed by atoms with Gasteiger partial charge in [-0.1, -0.05) is 15.9 Å². The molecule has 2 aromatic heterocycles. The van der Waals surface area contributed by atoms with E-state index in [1.165, 1.54) is 0 Å². The third-order valence-corrected chi connectivity index (χ3v) is 4.19. The van der Waals surface area contributed by atoms with Crippen LogP contribution >= 0.6 is 15.9 Å². The number of carbonyl (C=O) groups excluding carboxylic acids is 1. The van der Waals surface area contributed by atoms with Crippen molar-refractivity contribution in [2.24, 2.45) is 0 Å². The van der Waals surface area contributed by atoms with Gasteiger partial charge in [0, 0.05) is 15.9 Å². The summed E-state index contributed by atoms with van der Waals surface area (Å²) in [6, 6.07) is 11.5. The normalized spacial score (nSPS) is 14.2. The number of furan rings is 1. The molecule has 2 heterocycles. The number of amides is 1. The number of halogens is 1. The number of nitrogens with zero attached hydrogens (tertiary/aromatic N) is 1. The number of fused-ring (bicyclic) bond motifs is 1. The molecule has 1 saturated carbocycles. The molecule has 0 unspecified atom stereocenters. The summed E-state index contributed by atoms with van der Waals surface area (Å²) < 4.78 is 6.34. The van der Waals surface area contributed by atoms with Crippen molar-refractivity contribution >= 4 is 32.7 Å². The number of hydrogen-bond acceptors (Lipinski definition) is 3. The molecule has 5 heteroatoms. The molecule has 22 heavy (non-hydrogen) atoms. The van der Waals surface area contributed by atoms with Crippen LogP contribution in [0.15, 0.2) is 51.6 Å². The summed E-state index contributed by atoms with van der Waals surface area (Å²) in [7, 11) is 0. The lowest BCUT2D eigenvalue weighted by molar-refractivity contribution is 0.0952. The fourth-order valence-electron chi connectivity index (χ4n) is 2.43. The molecule has 1 aromatic carbocycles. The Bertz CT molecular complexity index is 854. The van der Waals surface area contributed by atoms with Gasteiger partial charge in [0.2, 0.25) is 0 Å². The van der Waals surface area contributed by atoms with E-state index >= 15 is 0 Å². The molecule has 1 aliphatic rings. The van der Waals surface area contributed by atoms with E-state index in [1.807, 2.05) is 30.3 Å². The first-order valence-electron chi connectivity index (χ1n) is 7.16. The summed E-state index contributed by atoms with van der Waals surface area (Å²) in [6.07, 6.45) is 3.72. The number of benzene rings is 1. The maximum atomic E-state index is 12.6. The molecule has 1 N–H and O–H groups in total. The zero-order valence-electron chi connectivity index (χ0n) is 11.7. The molecular weight excluding hydrogens is 344 g/mol. The second-order valence-corrected chi connectivity index (χ2v) is 6.36. The number of aromatic nitrogens is 1. The first-order valence-corrected chi connectivity index (χ1v) is 7.95. The Morgan fingerprint density at radius 2 is 2.14 bits per heavy atom. The van der Waals surface area contributed by atoms with Crippen LogP contribution in [0, 0.1) is 0 Å². The van der Waals surface area contributed by atoms with Gasteiger partial charge in [-0.25, -0.2) is 4.98 Å². The summed E-state index contributed by atoms with van der Waals surface area (Å²) in [5, 5.41) is 3.88. The minimum atomic E-state index is -0.0548. The largest absolute Gasteiger partial charge is 0.463 e. The lowest BCUT2D eigenvalue weighted by atomic mass is 10.1. The Kier molecular flexibility index (Phi) is 3.22. The van der Waals surface area contributed by atoms with E-state index in [-0.39, 0.29) is 5.91 Å². The SMILES string of the molecule is O=C(NC1CC1)c1cc(-c2ccco2)nc2ccc(Br)cc12. The van der Waals surface area contributed by atoms with Crippen molar-refractivity contribution in [2.45, 2.75) is 18.9 Å². The van der Waals surface area contributed by atoms with Crippen LogP contribution in [0.1, 0.15) is 23.2 Å². The van der Waals surface area contributed by atoms with Crippen molar-refractivity contribution in [1.82, 2.24) is 10.3 Å². The molecule has 0 aliphatic heterocycles. The number of rotatable bonds is 3. The Morgan fingerprint density at radius 3 is 2.86 bits per heavy atom. The summed E-state index contributed by atoms with van der Waals surface area (Å²) in [6.45, 7) is 0. The van der Waals surface area contributed by atoms with Crippen LogP contribution in [0.25, 0.3) is 22.4 Å². The van der Waals surface area contributed by atoms with Gasteiger partial charge >= 0.3 is 0 Å². The molecule has 1 amide bonds. The lowest BCUT2D eigenvalue weighted by Crippen LogP contribution is -2.25. The Morgan fingerprint density at radius 1 is 1.27 bits per heavy atom. The standard InChI is InChI=1S/C17H13BrN2O2/c18-10-3-6-14-12(8-10)13(17(21)19-11-4-5-11)9-15(20-14)16-2-1-7-22-16/h1-3,6-9,11H,4-5H2,(H,19,21). The molecular formula is C17H13BrN2O2. The highest BCUT2D eigenvalue weighted by Crippen LogP contribution is 2.28. The summed E-state index contributed by atoms with van der Waals surface area (Å²) in [5.74, 6) is 0.603. The van der Waals surface area contributed by atoms with Crippen molar-refractivity contribution in [2.75, 3.05) is 0 Å². The molecule has 3 aromatic rings. The van der Waals surface area contributed by atoms with Crippen LogP contribution in [-0.4, -0.2) is 16.9 Å². The van der Waals surface area contributed by atoms with E-state index in [0.29, 0.717) is 23.1 Å². The van der Waals surface area contributed by atoms with Crippen molar-refractivity contribution in [3.05, 3.63) is 52.7 Å². The van der Waals surface area contributed by atoms with Gasteiger partial charge in [-0.05, 0) is 49.2 Å². The number of carbonyl (C=O) groups is 1. The fraction of sp³-hybridized carbons (Fsp3) is 0.176. The van der Waals surface area contributed by atoms with Gasteiger partial charge in [0.15, 0.2) is 5.76 Å². The van der Waals surface area contributed by atoms with Crippen LogP contribution in [0.3, 0.4) is 0 Å². The second kappa shape index (κ2) is 5.25. The van der Waals surface area contributed by atoms with Crippen molar-refractivity contribution in [3.8, 4) is 11.5 Å². The number of pyridine rings is 1. The average molecular weight is 357 g/mol. The lowest BCUT2D eigenvalue weighted by Gasteiger charge is -2.09. The smallest absolute Gasteiger partial charge is 0.252 e. The van der Waals surface area contributed by atoms with E-state index in [0.717, 1.165) is 28.2 Å². The van der Waals surface area contributed by atoms with Gasteiger partial charge < -0.3 is 9.73 Å². The predicted octanol–water partition coefficient (Wildman–Crippen LogP) is 4.15. The molecule has 4 rings (SSSR count). The molecule has 0 saturated heterocycles. The summed E-state index contributed by atoms with van der Waals surface area (Å²) in [4.78, 5) is 17.2. The van der Waals surface area contributed by atoms with E-state index in [4.69, 9.17) is 4.42 Å². The predicted molar refractivity (Wildman–Crippen MR) is 87.6 cm³/mol. The first-order chi connectivity index (χ1) is 10.7. The Labute approximate surface area is 135 Å². The van der Waals surface area contributed by atoms with Crippen LogP contribution in [0.4, 0.5) is 0 Å². The van der Waals surface area contributed by atoms with E-state index in [2.05, 4.69) is 26.2 Å². The number of hydrogen-bond donors (Lipinski definition) is 1. The van der Waals surface area contributed by atoms with Crippen LogP contribution in [0.5, 0.6) is 0 Å².